The van der Waals surface area contributed by atoms with Gasteiger partial charge in [-0.15, -0.1) is 0 Å². The molecular formula is C20H25N3O3. The van der Waals surface area contributed by atoms with Gasteiger partial charge >= 0.3 is 0 Å². The van der Waals surface area contributed by atoms with Crippen LogP contribution >= 0.6 is 0 Å². The maximum absolute atomic E-state index is 12.5. The Hall–Kier alpha value is -2.89. The highest BCUT2D eigenvalue weighted by atomic mass is 16.5. The third-order valence-corrected chi connectivity index (χ3v) is 3.74. The lowest BCUT2D eigenvalue weighted by Gasteiger charge is -2.21. The SMILES string of the molecule is Cc1cc(NC(=O)CN(CCC(C)C)C(=O)/C=C/c2ccccc2)no1. The number of benzene rings is 1. The molecule has 0 unspecified atom stereocenters. The molecule has 6 nitrogen and oxygen atoms in total. The van der Waals surface area contributed by atoms with Gasteiger partial charge in [0.15, 0.2) is 5.82 Å². The summed E-state index contributed by atoms with van der Waals surface area (Å²) in [6.07, 6.45) is 4.08. The molecule has 0 aliphatic carbocycles. The number of rotatable bonds is 8. The topological polar surface area (TPSA) is 75.4 Å². The van der Waals surface area contributed by atoms with Gasteiger partial charge in [0, 0.05) is 18.7 Å². The van der Waals surface area contributed by atoms with E-state index in [9.17, 15) is 9.59 Å². The van der Waals surface area contributed by atoms with Crippen LogP contribution in [0, 0.1) is 12.8 Å². The zero-order valence-electron chi connectivity index (χ0n) is 15.4. The molecule has 2 rings (SSSR count). The van der Waals surface area contributed by atoms with E-state index >= 15 is 0 Å². The van der Waals surface area contributed by atoms with Crippen molar-refractivity contribution in [1.82, 2.24) is 10.1 Å². The van der Waals surface area contributed by atoms with Gasteiger partial charge in [-0.05, 0) is 30.9 Å². The van der Waals surface area contributed by atoms with E-state index in [1.54, 1.807) is 24.0 Å². The van der Waals surface area contributed by atoms with Crippen molar-refractivity contribution in [3.63, 3.8) is 0 Å². The van der Waals surface area contributed by atoms with E-state index in [-0.39, 0.29) is 18.4 Å². The van der Waals surface area contributed by atoms with Gasteiger partial charge < -0.3 is 14.7 Å². The monoisotopic (exact) mass is 355 g/mol. The Morgan fingerprint density at radius 1 is 1.27 bits per heavy atom. The molecule has 1 aromatic carbocycles. The molecule has 1 heterocycles. The van der Waals surface area contributed by atoms with Crippen molar-refractivity contribution in [2.24, 2.45) is 5.92 Å². The molecule has 0 atom stereocenters. The highest BCUT2D eigenvalue weighted by Crippen LogP contribution is 2.09. The molecule has 0 radical (unpaired) electrons. The first-order valence-electron chi connectivity index (χ1n) is 8.69. The molecule has 1 N–H and O–H groups in total. The molecule has 0 saturated carbocycles. The second kappa shape index (κ2) is 9.56. The third kappa shape index (κ3) is 6.55. The van der Waals surface area contributed by atoms with Crippen molar-refractivity contribution in [3.8, 4) is 0 Å². The van der Waals surface area contributed by atoms with Crippen molar-refractivity contribution >= 4 is 23.7 Å². The van der Waals surface area contributed by atoms with E-state index in [1.165, 1.54) is 6.08 Å². The van der Waals surface area contributed by atoms with Crippen LogP contribution in [-0.2, 0) is 9.59 Å². The predicted molar refractivity (Wildman–Crippen MR) is 101 cm³/mol. The molecule has 2 aromatic rings. The summed E-state index contributed by atoms with van der Waals surface area (Å²) >= 11 is 0. The summed E-state index contributed by atoms with van der Waals surface area (Å²) in [5, 5.41) is 6.38. The summed E-state index contributed by atoms with van der Waals surface area (Å²) in [6, 6.07) is 11.2. The van der Waals surface area contributed by atoms with Crippen molar-refractivity contribution in [2.45, 2.75) is 27.2 Å². The average molecular weight is 355 g/mol. The zero-order chi connectivity index (χ0) is 18.9. The average Bonchev–Trinajstić information content (AvgIpc) is 3.01. The van der Waals surface area contributed by atoms with Gasteiger partial charge in [0.1, 0.15) is 12.3 Å². The minimum absolute atomic E-state index is 0.0312. The van der Waals surface area contributed by atoms with Crippen molar-refractivity contribution < 1.29 is 14.1 Å². The molecule has 0 aliphatic rings. The molecule has 1 aromatic heterocycles. The Bertz CT molecular complexity index is 751. The summed E-state index contributed by atoms with van der Waals surface area (Å²) < 4.78 is 4.93. The van der Waals surface area contributed by atoms with Crippen molar-refractivity contribution in [2.75, 3.05) is 18.4 Å². The van der Waals surface area contributed by atoms with Gasteiger partial charge in [-0.1, -0.05) is 49.3 Å². The third-order valence-electron chi connectivity index (χ3n) is 3.74. The van der Waals surface area contributed by atoms with E-state index < -0.39 is 0 Å². The Kier molecular flexibility index (Phi) is 7.14. The highest BCUT2D eigenvalue weighted by Gasteiger charge is 2.16. The smallest absolute Gasteiger partial charge is 0.247 e. The molecule has 138 valence electrons. The number of nitrogens with one attached hydrogen (secondary N) is 1. The number of carbonyl (C=O) groups is 2. The zero-order valence-corrected chi connectivity index (χ0v) is 15.4. The standard InChI is InChI=1S/C20H25N3O3/c1-15(2)11-12-23(14-19(24)21-18-13-16(3)26-22-18)20(25)10-9-17-7-5-4-6-8-17/h4-10,13,15H,11-12,14H2,1-3H3,(H,21,22,24)/b10-9+. The van der Waals surface area contributed by atoms with Crippen LogP contribution in [-0.4, -0.2) is 35.0 Å². The van der Waals surface area contributed by atoms with E-state index in [0.29, 0.717) is 24.0 Å². The summed E-state index contributed by atoms with van der Waals surface area (Å²) in [7, 11) is 0. The van der Waals surface area contributed by atoms with Gasteiger partial charge in [0.2, 0.25) is 11.8 Å². The number of carbonyl (C=O) groups excluding carboxylic acids is 2. The molecule has 2 amide bonds. The molecular weight excluding hydrogens is 330 g/mol. The molecule has 26 heavy (non-hydrogen) atoms. The van der Waals surface area contributed by atoms with Gasteiger partial charge in [-0.25, -0.2) is 0 Å². The number of nitrogens with zero attached hydrogens (tertiary/aromatic N) is 2. The Morgan fingerprint density at radius 2 is 2.00 bits per heavy atom. The number of amides is 2. The second-order valence-corrected chi connectivity index (χ2v) is 6.56. The second-order valence-electron chi connectivity index (χ2n) is 6.56. The van der Waals surface area contributed by atoms with Gasteiger partial charge in [-0.2, -0.15) is 0 Å². The number of aryl methyl sites for hydroxylation is 1. The summed E-state index contributed by atoms with van der Waals surface area (Å²) in [5.74, 6) is 0.900. The fraction of sp³-hybridized carbons (Fsp3) is 0.350. The molecule has 0 fully saturated rings. The quantitative estimate of drug-likeness (QED) is 0.735. The number of anilines is 1. The minimum Gasteiger partial charge on any atom is -0.360 e. The molecule has 6 heteroatoms. The number of hydrogen-bond acceptors (Lipinski definition) is 4. The summed E-state index contributed by atoms with van der Waals surface area (Å²) in [6.45, 7) is 6.40. The lowest BCUT2D eigenvalue weighted by molar-refractivity contribution is -0.130. The number of hydrogen-bond donors (Lipinski definition) is 1. The van der Waals surface area contributed by atoms with Gasteiger partial charge in [-0.3, -0.25) is 9.59 Å². The molecule has 0 saturated heterocycles. The van der Waals surface area contributed by atoms with E-state index in [0.717, 1.165) is 12.0 Å². The van der Waals surface area contributed by atoms with Crippen LogP contribution in [0.5, 0.6) is 0 Å². The van der Waals surface area contributed by atoms with E-state index in [2.05, 4.69) is 24.3 Å². The van der Waals surface area contributed by atoms with Crippen LogP contribution in [0.15, 0.2) is 47.0 Å². The fourth-order valence-corrected chi connectivity index (χ4v) is 2.30. The first kappa shape index (κ1) is 19.4. The van der Waals surface area contributed by atoms with Crippen LogP contribution in [0.2, 0.25) is 0 Å². The van der Waals surface area contributed by atoms with Crippen LogP contribution in [0.4, 0.5) is 5.82 Å². The summed E-state index contributed by atoms with van der Waals surface area (Å²) in [5.41, 5.74) is 0.937. The van der Waals surface area contributed by atoms with Gasteiger partial charge in [0.05, 0.1) is 0 Å². The highest BCUT2D eigenvalue weighted by molar-refractivity contribution is 5.97. The molecule has 0 aliphatic heterocycles. The van der Waals surface area contributed by atoms with Crippen molar-refractivity contribution in [1.29, 1.82) is 0 Å². The maximum Gasteiger partial charge on any atom is 0.247 e. The Balaban J connectivity index is 2.00. The normalized spacial score (nSPS) is 11.1. The Labute approximate surface area is 153 Å². The van der Waals surface area contributed by atoms with Gasteiger partial charge in [0.25, 0.3) is 0 Å². The maximum atomic E-state index is 12.5. The first-order chi connectivity index (χ1) is 12.4. The fourth-order valence-electron chi connectivity index (χ4n) is 2.30. The van der Waals surface area contributed by atoms with Crippen LogP contribution in [0.1, 0.15) is 31.6 Å². The van der Waals surface area contributed by atoms with Crippen LogP contribution in [0.25, 0.3) is 6.08 Å². The first-order valence-corrected chi connectivity index (χ1v) is 8.69. The minimum atomic E-state index is -0.302. The lowest BCUT2D eigenvalue weighted by Crippen LogP contribution is -2.38. The van der Waals surface area contributed by atoms with Crippen LogP contribution in [0.3, 0.4) is 0 Å². The predicted octanol–water partition coefficient (Wildman–Crippen LogP) is 3.51. The summed E-state index contributed by atoms with van der Waals surface area (Å²) in [4.78, 5) is 26.3. The Morgan fingerprint density at radius 3 is 2.62 bits per heavy atom. The number of aromatic nitrogens is 1. The van der Waals surface area contributed by atoms with E-state index in [1.807, 2.05) is 30.3 Å². The van der Waals surface area contributed by atoms with E-state index in [4.69, 9.17) is 4.52 Å². The lowest BCUT2D eigenvalue weighted by atomic mass is 10.1. The van der Waals surface area contributed by atoms with Crippen LogP contribution < -0.4 is 5.32 Å². The molecule has 0 bridgehead atoms. The largest absolute Gasteiger partial charge is 0.360 e. The van der Waals surface area contributed by atoms with Crippen molar-refractivity contribution in [3.05, 3.63) is 53.8 Å². The molecule has 0 spiro atoms.